The van der Waals surface area contributed by atoms with Gasteiger partial charge in [0, 0.05) is 6.92 Å². The van der Waals surface area contributed by atoms with Crippen molar-refractivity contribution in [3.05, 3.63) is 64.0 Å². The first-order valence-corrected chi connectivity index (χ1v) is 9.54. The van der Waals surface area contributed by atoms with Gasteiger partial charge < -0.3 is 9.47 Å². The van der Waals surface area contributed by atoms with E-state index in [1.165, 1.54) is 6.92 Å². The van der Waals surface area contributed by atoms with Crippen molar-refractivity contribution in [1.29, 1.82) is 0 Å². The molecule has 1 heterocycles. The van der Waals surface area contributed by atoms with Gasteiger partial charge in [0.05, 0.1) is 16.5 Å². The minimum absolute atomic E-state index is 0.124. The molecule has 2 aromatic carbocycles. The monoisotopic (exact) mass is 417 g/mol. The number of hydrogen-bond acceptors (Lipinski definition) is 6. The summed E-state index contributed by atoms with van der Waals surface area (Å²) in [6.45, 7) is 1.59. The smallest absolute Gasteiger partial charge is 0.308 e. The molecule has 1 fully saturated rings. The van der Waals surface area contributed by atoms with Crippen LogP contribution in [0.3, 0.4) is 0 Å². The number of esters is 1. The third-order valence-electron chi connectivity index (χ3n) is 3.72. The Morgan fingerprint density at radius 3 is 2.54 bits per heavy atom. The van der Waals surface area contributed by atoms with Crippen LogP contribution in [-0.4, -0.2) is 35.2 Å². The second kappa shape index (κ2) is 8.95. The first-order chi connectivity index (χ1) is 13.4. The number of imide groups is 1. The minimum Gasteiger partial charge on any atom is -0.490 e. The van der Waals surface area contributed by atoms with Gasteiger partial charge in [0.25, 0.3) is 11.1 Å². The van der Waals surface area contributed by atoms with Crippen molar-refractivity contribution in [2.24, 2.45) is 0 Å². The van der Waals surface area contributed by atoms with Gasteiger partial charge in [-0.2, -0.15) is 0 Å². The van der Waals surface area contributed by atoms with Crippen LogP contribution in [0.25, 0.3) is 6.08 Å². The molecule has 144 valence electrons. The lowest BCUT2D eigenvalue weighted by molar-refractivity contribution is -0.131. The van der Waals surface area contributed by atoms with Crippen LogP contribution in [-0.2, 0) is 9.59 Å². The number of rotatable bonds is 6. The molecule has 2 aromatic rings. The molecular formula is C20H16ClNO5S. The van der Waals surface area contributed by atoms with Crippen molar-refractivity contribution >= 4 is 46.6 Å². The lowest BCUT2D eigenvalue weighted by Gasteiger charge is -2.13. The molecule has 0 spiro atoms. The maximum absolute atomic E-state index is 12.5. The Kier molecular flexibility index (Phi) is 6.38. The standard InChI is InChI=1S/C20H16ClNO5S/c1-13(23)27-15-8-6-14(7-9-15)12-18-19(24)22(20(25)28-18)10-11-26-17-5-3-2-4-16(17)21/h2-9,12H,10-11H2,1H3/b18-12-. The predicted octanol–water partition coefficient (Wildman–Crippen LogP) is 4.38. The molecule has 0 aliphatic carbocycles. The maximum atomic E-state index is 12.5. The van der Waals surface area contributed by atoms with E-state index in [2.05, 4.69) is 0 Å². The third-order valence-corrected chi connectivity index (χ3v) is 4.94. The lowest BCUT2D eigenvalue weighted by atomic mass is 10.2. The van der Waals surface area contributed by atoms with Crippen LogP contribution < -0.4 is 9.47 Å². The van der Waals surface area contributed by atoms with Gasteiger partial charge in [-0.15, -0.1) is 0 Å². The van der Waals surface area contributed by atoms with Gasteiger partial charge in [-0.1, -0.05) is 35.9 Å². The zero-order valence-corrected chi connectivity index (χ0v) is 16.5. The predicted molar refractivity (Wildman–Crippen MR) is 107 cm³/mol. The van der Waals surface area contributed by atoms with E-state index in [-0.39, 0.29) is 24.3 Å². The molecule has 1 saturated heterocycles. The van der Waals surface area contributed by atoms with Gasteiger partial charge in [-0.05, 0) is 47.7 Å². The van der Waals surface area contributed by atoms with Crippen molar-refractivity contribution in [2.45, 2.75) is 6.92 Å². The molecule has 0 N–H and O–H groups in total. The van der Waals surface area contributed by atoms with E-state index < -0.39 is 5.97 Å². The Morgan fingerprint density at radius 1 is 1.14 bits per heavy atom. The van der Waals surface area contributed by atoms with E-state index in [4.69, 9.17) is 21.1 Å². The van der Waals surface area contributed by atoms with Gasteiger partial charge in [-0.25, -0.2) is 0 Å². The quantitative estimate of drug-likeness (QED) is 0.394. The van der Waals surface area contributed by atoms with E-state index in [9.17, 15) is 14.4 Å². The molecular weight excluding hydrogens is 402 g/mol. The number of carbonyl (C=O) groups excluding carboxylic acids is 3. The van der Waals surface area contributed by atoms with Crippen molar-refractivity contribution in [2.75, 3.05) is 13.2 Å². The molecule has 0 atom stereocenters. The normalized spacial score (nSPS) is 15.2. The highest BCUT2D eigenvalue weighted by molar-refractivity contribution is 8.18. The fourth-order valence-corrected chi connectivity index (χ4v) is 3.51. The van der Waals surface area contributed by atoms with Crippen molar-refractivity contribution in [3.63, 3.8) is 0 Å². The van der Waals surface area contributed by atoms with Crippen LogP contribution in [0.5, 0.6) is 11.5 Å². The molecule has 8 heteroatoms. The first-order valence-electron chi connectivity index (χ1n) is 8.35. The summed E-state index contributed by atoms with van der Waals surface area (Å²) in [6, 6.07) is 13.6. The van der Waals surface area contributed by atoms with Crippen LogP contribution in [0.4, 0.5) is 4.79 Å². The molecule has 0 aromatic heterocycles. The van der Waals surface area contributed by atoms with Crippen LogP contribution in [0.15, 0.2) is 53.4 Å². The Labute approximate surface area is 171 Å². The minimum atomic E-state index is -0.409. The summed E-state index contributed by atoms with van der Waals surface area (Å²) in [5, 5.41) is 0.115. The van der Waals surface area contributed by atoms with Gasteiger partial charge >= 0.3 is 5.97 Å². The average Bonchev–Trinajstić information content (AvgIpc) is 2.92. The highest BCUT2D eigenvalue weighted by atomic mass is 35.5. The van der Waals surface area contributed by atoms with E-state index in [0.29, 0.717) is 27.0 Å². The van der Waals surface area contributed by atoms with E-state index in [0.717, 1.165) is 16.7 Å². The van der Waals surface area contributed by atoms with Gasteiger partial charge in [0.2, 0.25) is 0 Å². The van der Waals surface area contributed by atoms with Crippen LogP contribution >= 0.6 is 23.4 Å². The van der Waals surface area contributed by atoms with E-state index in [1.54, 1.807) is 54.6 Å². The summed E-state index contributed by atoms with van der Waals surface area (Å²) >= 11 is 6.89. The Balaban J connectivity index is 1.62. The molecule has 3 rings (SSSR count). The molecule has 0 unspecified atom stereocenters. The number of benzene rings is 2. The fraction of sp³-hybridized carbons (Fsp3) is 0.150. The molecule has 0 saturated carbocycles. The zero-order valence-electron chi connectivity index (χ0n) is 14.9. The molecule has 6 nitrogen and oxygen atoms in total. The molecule has 0 bridgehead atoms. The number of thioether (sulfide) groups is 1. The topological polar surface area (TPSA) is 72.9 Å². The summed E-state index contributed by atoms with van der Waals surface area (Å²) in [5.74, 6) is 0.128. The Morgan fingerprint density at radius 2 is 1.86 bits per heavy atom. The Bertz CT molecular complexity index is 942. The number of carbonyl (C=O) groups is 3. The second-order valence-corrected chi connectivity index (χ2v) is 7.18. The summed E-state index contributed by atoms with van der Waals surface area (Å²) in [7, 11) is 0. The van der Waals surface area contributed by atoms with Crippen LogP contribution in [0.1, 0.15) is 12.5 Å². The van der Waals surface area contributed by atoms with Crippen molar-refractivity contribution in [3.8, 4) is 11.5 Å². The fourth-order valence-electron chi connectivity index (χ4n) is 2.45. The van der Waals surface area contributed by atoms with Gasteiger partial charge in [0.15, 0.2) is 0 Å². The van der Waals surface area contributed by atoms with Crippen molar-refractivity contribution in [1.82, 2.24) is 4.90 Å². The molecule has 2 amide bonds. The van der Waals surface area contributed by atoms with Crippen LogP contribution in [0, 0.1) is 0 Å². The number of ether oxygens (including phenoxy) is 2. The number of hydrogen-bond donors (Lipinski definition) is 0. The highest BCUT2D eigenvalue weighted by Crippen LogP contribution is 2.32. The van der Waals surface area contributed by atoms with Crippen LogP contribution in [0.2, 0.25) is 5.02 Å². The number of para-hydroxylation sites is 1. The number of nitrogens with zero attached hydrogens (tertiary/aromatic N) is 1. The second-order valence-electron chi connectivity index (χ2n) is 5.77. The number of amides is 2. The van der Waals surface area contributed by atoms with E-state index >= 15 is 0 Å². The molecule has 1 aliphatic rings. The third kappa shape index (κ3) is 4.94. The molecule has 0 radical (unpaired) electrons. The SMILES string of the molecule is CC(=O)Oc1ccc(/C=C2\SC(=O)N(CCOc3ccccc3Cl)C2=O)cc1. The molecule has 28 heavy (non-hydrogen) atoms. The van der Waals surface area contributed by atoms with Gasteiger partial charge in [-0.3, -0.25) is 19.3 Å². The molecule has 1 aliphatic heterocycles. The summed E-state index contributed by atoms with van der Waals surface area (Å²) < 4.78 is 10.5. The number of halogens is 1. The van der Waals surface area contributed by atoms with Gasteiger partial charge in [0.1, 0.15) is 18.1 Å². The summed E-state index contributed by atoms with van der Waals surface area (Å²) in [4.78, 5) is 37.1. The zero-order chi connectivity index (χ0) is 20.1. The Hall–Kier alpha value is -2.77. The highest BCUT2D eigenvalue weighted by Gasteiger charge is 2.34. The largest absolute Gasteiger partial charge is 0.490 e. The average molecular weight is 418 g/mol. The lowest BCUT2D eigenvalue weighted by Crippen LogP contribution is -2.32. The summed E-state index contributed by atoms with van der Waals surface area (Å²) in [5.41, 5.74) is 0.716. The first kappa shape index (κ1) is 20.0. The van der Waals surface area contributed by atoms with E-state index in [1.807, 2.05) is 0 Å². The maximum Gasteiger partial charge on any atom is 0.308 e. The summed E-state index contributed by atoms with van der Waals surface area (Å²) in [6.07, 6.45) is 1.62. The van der Waals surface area contributed by atoms with Crippen molar-refractivity contribution < 1.29 is 23.9 Å².